The number of carbonyl (C=O) groups is 1. The average molecular weight is 411 g/mol. The Bertz CT molecular complexity index is 575. The van der Waals surface area contributed by atoms with Crippen LogP contribution in [0.1, 0.15) is 9.67 Å². The van der Waals surface area contributed by atoms with Crippen LogP contribution < -0.4 is 11.1 Å². The molecule has 0 fully saturated rings. The standard InChI is InChI=1S/C11H7Br2ClN2OS/c12-5-4-8(18-10(5)13)11(17)16-9-6(14)2-1-3-7(9)15/h1-4H,15H2,(H,16,17). The third-order valence-corrected chi connectivity index (χ3v) is 5.72. The number of thiophene rings is 1. The van der Waals surface area contributed by atoms with Crippen molar-refractivity contribution in [1.82, 2.24) is 0 Å². The molecule has 0 spiro atoms. The molecule has 0 saturated carbocycles. The zero-order chi connectivity index (χ0) is 13.3. The van der Waals surface area contributed by atoms with Gasteiger partial charge in [-0.1, -0.05) is 17.7 Å². The zero-order valence-corrected chi connectivity index (χ0v) is 13.6. The third-order valence-electron chi connectivity index (χ3n) is 2.15. The van der Waals surface area contributed by atoms with Gasteiger partial charge in [-0.15, -0.1) is 11.3 Å². The van der Waals surface area contributed by atoms with Crippen molar-refractivity contribution >= 4 is 72.1 Å². The van der Waals surface area contributed by atoms with Crippen LogP contribution in [0.2, 0.25) is 5.02 Å². The molecule has 2 rings (SSSR count). The first kappa shape index (κ1) is 13.9. The summed E-state index contributed by atoms with van der Waals surface area (Å²) in [6, 6.07) is 6.82. The molecule has 0 radical (unpaired) electrons. The molecular formula is C11H7Br2ClN2OS. The number of para-hydroxylation sites is 1. The van der Waals surface area contributed by atoms with Gasteiger partial charge in [-0.3, -0.25) is 4.79 Å². The predicted octanol–water partition coefficient (Wildman–Crippen LogP) is 4.76. The Morgan fingerprint density at radius 2 is 2.11 bits per heavy atom. The minimum absolute atomic E-state index is 0.244. The highest BCUT2D eigenvalue weighted by atomic mass is 79.9. The molecule has 0 atom stereocenters. The van der Waals surface area contributed by atoms with E-state index in [1.807, 2.05) is 0 Å². The Kier molecular flexibility index (Phi) is 4.32. The summed E-state index contributed by atoms with van der Waals surface area (Å²) >= 11 is 14.0. The maximum Gasteiger partial charge on any atom is 0.265 e. The number of halogens is 3. The van der Waals surface area contributed by atoms with Gasteiger partial charge in [0.05, 0.1) is 25.1 Å². The molecule has 0 aliphatic rings. The third kappa shape index (κ3) is 2.88. The smallest absolute Gasteiger partial charge is 0.265 e. The zero-order valence-electron chi connectivity index (χ0n) is 8.84. The van der Waals surface area contributed by atoms with Gasteiger partial charge in [0.25, 0.3) is 5.91 Å². The van der Waals surface area contributed by atoms with Crippen LogP contribution in [0.15, 0.2) is 32.5 Å². The van der Waals surface area contributed by atoms with E-state index in [4.69, 9.17) is 17.3 Å². The van der Waals surface area contributed by atoms with Crippen molar-refractivity contribution in [3.8, 4) is 0 Å². The molecule has 7 heteroatoms. The Balaban J connectivity index is 2.27. The number of rotatable bonds is 2. The highest BCUT2D eigenvalue weighted by Gasteiger charge is 2.14. The molecule has 18 heavy (non-hydrogen) atoms. The van der Waals surface area contributed by atoms with Crippen LogP contribution >= 0.6 is 54.8 Å². The van der Waals surface area contributed by atoms with E-state index in [1.165, 1.54) is 11.3 Å². The SMILES string of the molecule is Nc1cccc(Cl)c1NC(=O)c1cc(Br)c(Br)s1. The number of nitrogens with two attached hydrogens (primary N) is 1. The van der Waals surface area contributed by atoms with Gasteiger partial charge >= 0.3 is 0 Å². The van der Waals surface area contributed by atoms with Crippen LogP contribution in [0.3, 0.4) is 0 Å². The highest BCUT2D eigenvalue weighted by molar-refractivity contribution is 9.13. The van der Waals surface area contributed by atoms with Crippen molar-refractivity contribution in [3.63, 3.8) is 0 Å². The number of amides is 1. The van der Waals surface area contributed by atoms with E-state index in [2.05, 4.69) is 37.2 Å². The predicted molar refractivity (Wildman–Crippen MR) is 83.5 cm³/mol. The van der Waals surface area contributed by atoms with Crippen molar-refractivity contribution in [1.29, 1.82) is 0 Å². The minimum atomic E-state index is -0.244. The number of carbonyl (C=O) groups excluding carboxylic acids is 1. The minimum Gasteiger partial charge on any atom is -0.397 e. The van der Waals surface area contributed by atoms with Crippen LogP contribution in [-0.4, -0.2) is 5.91 Å². The normalized spacial score (nSPS) is 10.4. The lowest BCUT2D eigenvalue weighted by Gasteiger charge is -2.08. The van der Waals surface area contributed by atoms with Gasteiger partial charge in [0, 0.05) is 4.47 Å². The van der Waals surface area contributed by atoms with Crippen LogP contribution in [0.4, 0.5) is 11.4 Å². The van der Waals surface area contributed by atoms with Gasteiger partial charge in [0.2, 0.25) is 0 Å². The Morgan fingerprint density at radius 3 is 2.67 bits per heavy atom. The topological polar surface area (TPSA) is 55.1 Å². The number of hydrogen-bond donors (Lipinski definition) is 2. The van der Waals surface area contributed by atoms with E-state index in [0.29, 0.717) is 21.3 Å². The number of nitrogen functional groups attached to an aromatic ring is 1. The molecule has 3 N–H and O–H groups in total. The number of nitrogens with one attached hydrogen (secondary N) is 1. The molecule has 0 aliphatic carbocycles. The first-order valence-electron chi connectivity index (χ1n) is 4.79. The van der Waals surface area contributed by atoms with Crippen LogP contribution in [0, 0.1) is 0 Å². The lowest BCUT2D eigenvalue weighted by atomic mass is 10.2. The van der Waals surface area contributed by atoms with E-state index < -0.39 is 0 Å². The molecule has 1 heterocycles. The summed E-state index contributed by atoms with van der Waals surface area (Å²) < 4.78 is 1.70. The quantitative estimate of drug-likeness (QED) is 0.702. The molecular weight excluding hydrogens is 403 g/mol. The van der Waals surface area contributed by atoms with Crippen molar-refractivity contribution in [2.24, 2.45) is 0 Å². The molecule has 1 amide bonds. The maximum atomic E-state index is 12.0. The summed E-state index contributed by atoms with van der Waals surface area (Å²) in [5.74, 6) is -0.244. The van der Waals surface area contributed by atoms with Crippen LogP contribution in [0.5, 0.6) is 0 Å². The molecule has 1 aromatic heterocycles. The van der Waals surface area contributed by atoms with Crippen molar-refractivity contribution < 1.29 is 4.79 Å². The summed E-state index contributed by atoms with van der Waals surface area (Å²) in [5, 5.41) is 3.12. The van der Waals surface area contributed by atoms with Crippen LogP contribution in [0.25, 0.3) is 0 Å². The molecule has 1 aromatic carbocycles. The summed E-state index contributed by atoms with van der Waals surface area (Å²) in [6.07, 6.45) is 0. The number of benzene rings is 1. The van der Waals surface area contributed by atoms with Gasteiger partial charge in [-0.25, -0.2) is 0 Å². The highest BCUT2D eigenvalue weighted by Crippen LogP contribution is 2.34. The van der Waals surface area contributed by atoms with Gasteiger partial charge in [0.1, 0.15) is 0 Å². The summed E-state index contributed by atoms with van der Waals surface area (Å²) in [4.78, 5) is 12.6. The second kappa shape index (κ2) is 5.61. The molecule has 2 aromatic rings. The van der Waals surface area contributed by atoms with Crippen molar-refractivity contribution in [2.75, 3.05) is 11.1 Å². The first-order chi connectivity index (χ1) is 8.49. The van der Waals surface area contributed by atoms with E-state index in [9.17, 15) is 4.79 Å². The van der Waals surface area contributed by atoms with Crippen LogP contribution in [-0.2, 0) is 0 Å². The summed E-state index contributed by atoms with van der Waals surface area (Å²) in [6.45, 7) is 0. The number of anilines is 2. The van der Waals surface area contributed by atoms with Crippen molar-refractivity contribution in [3.05, 3.63) is 42.4 Å². The van der Waals surface area contributed by atoms with E-state index in [0.717, 1.165) is 8.26 Å². The average Bonchev–Trinajstić information content (AvgIpc) is 2.64. The summed E-state index contributed by atoms with van der Waals surface area (Å²) in [7, 11) is 0. The number of hydrogen-bond acceptors (Lipinski definition) is 3. The van der Waals surface area contributed by atoms with E-state index in [-0.39, 0.29) is 5.91 Å². The van der Waals surface area contributed by atoms with Crippen molar-refractivity contribution in [2.45, 2.75) is 0 Å². The monoisotopic (exact) mass is 408 g/mol. The fraction of sp³-hybridized carbons (Fsp3) is 0. The van der Waals surface area contributed by atoms with Gasteiger partial charge in [-0.2, -0.15) is 0 Å². The second-order valence-corrected chi connectivity index (χ2v) is 7.02. The molecule has 0 saturated heterocycles. The molecule has 0 unspecified atom stereocenters. The largest absolute Gasteiger partial charge is 0.397 e. The first-order valence-corrected chi connectivity index (χ1v) is 7.57. The molecule has 0 bridgehead atoms. The molecule has 0 aliphatic heterocycles. The van der Waals surface area contributed by atoms with E-state index >= 15 is 0 Å². The van der Waals surface area contributed by atoms with Gasteiger partial charge in [0.15, 0.2) is 0 Å². The van der Waals surface area contributed by atoms with Gasteiger partial charge in [-0.05, 0) is 50.1 Å². The fourth-order valence-electron chi connectivity index (χ4n) is 1.31. The Hall–Kier alpha value is -0.560. The second-order valence-electron chi connectivity index (χ2n) is 3.39. The lowest BCUT2D eigenvalue weighted by Crippen LogP contribution is -2.12. The van der Waals surface area contributed by atoms with Gasteiger partial charge < -0.3 is 11.1 Å². The fourth-order valence-corrected chi connectivity index (χ4v) is 3.47. The lowest BCUT2D eigenvalue weighted by molar-refractivity contribution is 0.103. The summed E-state index contributed by atoms with van der Waals surface area (Å²) in [5.41, 5.74) is 6.64. The molecule has 94 valence electrons. The maximum absolute atomic E-state index is 12.0. The molecule has 3 nitrogen and oxygen atoms in total. The van der Waals surface area contributed by atoms with E-state index in [1.54, 1.807) is 24.3 Å². The Labute approximate surface area is 130 Å². The Morgan fingerprint density at radius 1 is 1.39 bits per heavy atom.